The van der Waals surface area contributed by atoms with Gasteiger partial charge in [0.2, 0.25) is 11.8 Å². The lowest BCUT2D eigenvalue weighted by Gasteiger charge is -2.22. The van der Waals surface area contributed by atoms with E-state index in [1.807, 2.05) is 0 Å². The molecule has 1 unspecified atom stereocenters. The van der Waals surface area contributed by atoms with Crippen LogP contribution in [0.3, 0.4) is 0 Å². The second-order valence-corrected chi connectivity index (χ2v) is 4.82. The zero-order valence-corrected chi connectivity index (χ0v) is 11.8. The molecular formula is C15H16FN3O3. The summed E-state index contributed by atoms with van der Waals surface area (Å²) in [5, 5.41) is 4.57. The molecule has 0 bridgehead atoms. The number of halogens is 1. The average Bonchev–Trinajstić information content (AvgIpc) is 2.49. The maximum Gasteiger partial charge on any atom is 0.254 e. The fourth-order valence-electron chi connectivity index (χ4n) is 2.12. The molecule has 1 heterocycles. The van der Waals surface area contributed by atoms with E-state index in [0.717, 1.165) is 0 Å². The summed E-state index contributed by atoms with van der Waals surface area (Å²) < 4.78 is 14.3. The Morgan fingerprint density at radius 3 is 2.91 bits per heavy atom. The summed E-state index contributed by atoms with van der Waals surface area (Å²) in [5.74, 6) is -2.34. The van der Waals surface area contributed by atoms with Crippen LogP contribution in [0, 0.1) is 5.82 Å². The molecule has 2 rings (SSSR count). The van der Waals surface area contributed by atoms with Crippen molar-refractivity contribution in [3.05, 3.63) is 41.2 Å². The summed E-state index contributed by atoms with van der Waals surface area (Å²) in [6.07, 6.45) is 3.39. The van der Waals surface area contributed by atoms with Crippen molar-refractivity contribution in [2.75, 3.05) is 6.54 Å². The van der Waals surface area contributed by atoms with Gasteiger partial charge in [-0.05, 0) is 12.5 Å². The highest BCUT2D eigenvalue weighted by Crippen LogP contribution is 2.15. The van der Waals surface area contributed by atoms with Crippen molar-refractivity contribution in [2.24, 2.45) is 5.73 Å². The molecule has 1 saturated heterocycles. The topological polar surface area (TPSA) is 101 Å². The first kappa shape index (κ1) is 15.8. The third-order valence-electron chi connectivity index (χ3n) is 3.25. The third kappa shape index (κ3) is 3.56. The number of hydrogen-bond donors (Lipinski definition) is 3. The average molecular weight is 305 g/mol. The lowest BCUT2D eigenvalue weighted by atomic mass is 10.0. The lowest BCUT2D eigenvalue weighted by molar-refractivity contribution is -0.134. The van der Waals surface area contributed by atoms with E-state index in [2.05, 4.69) is 10.6 Å². The van der Waals surface area contributed by atoms with Crippen LogP contribution in [0.25, 0.3) is 6.08 Å². The van der Waals surface area contributed by atoms with Gasteiger partial charge in [0.25, 0.3) is 5.91 Å². The van der Waals surface area contributed by atoms with E-state index in [4.69, 9.17) is 5.73 Å². The summed E-state index contributed by atoms with van der Waals surface area (Å²) in [6, 6.07) is 3.55. The third-order valence-corrected chi connectivity index (χ3v) is 3.25. The first-order valence-corrected chi connectivity index (χ1v) is 6.82. The monoisotopic (exact) mass is 305 g/mol. The van der Waals surface area contributed by atoms with Crippen molar-refractivity contribution in [3.63, 3.8) is 0 Å². The van der Waals surface area contributed by atoms with Crippen molar-refractivity contribution in [3.8, 4) is 0 Å². The van der Waals surface area contributed by atoms with Crippen LogP contribution in [-0.2, 0) is 9.59 Å². The SMILES string of the molecule is NC/C=C/c1cccc(C(=O)NC2CCC(=O)NC2=O)c1F. The van der Waals surface area contributed by atoms with E-state index in [1.54, 1.807) is 12.1 Å². The van der Waals surface area contributed by atoms with Gasteiger partial charge < -0.3 is 11.1 Å². The Balaban J connectivity index is 2.14. The maximum atomic E-state index is 14.3. The van der Waals surface area contributed by atoms with Gasteiger partial charge in [-0.15, -0.1) is 0 Å². The Bertz CT molecular complexity index is 643. The fraction of sp³-hybridized carbons (Fsp3) is 0.267. The van der Waals surface area contributed by atoms with Crippen molar-refractivity contribution in [1.82, 2.24) is 10.6 Å². The van der Waals surface area contributed by atoms with Crippen LogP contribution in [-0.4, -0.2) is 30.3 Å². The maximum absolute atomic E-state index is 14.3. The van der Waals surface area contributed by atoms with Crippen molar-refractivity contribution < 1.29 is 18.8 Å². The van der Waals surface area contributed by atoms with Gasteiger partial charge in [0.1, 0.15) is 11.9 Å². The van der Waals surface area contributed by atoms with Crippen LogP contribution < -0.4 is 16.4 Å². The highest BCUT2D eigenvalue weighted by Gasteiger charge is 2.28. The van der Waals surface area contributed by atoms with Crippen molar-refractivity contribution in [1.29, 1.82) is 0 Å². The van der Waals surface area contributed by atoms with Crippen LogP contribution in [0.4, 0.5) is 4.39 Å². The van der Waals surface area contributed by atoms with Gasteiger partial charge in [-0.2, -0.15) is 0 Å². The standard InChI is InChI=1S/C15H16FN3O3/c16-13-9(4-2-8-17)3-1-5-10(13)14(21)18-11-6-7-12(20)19-15(11)22/h1-5,11H,6-8,17H2,(H,18,21)(H,19,20,22)/b4-2+. The molecule has 0 aliphatic carbocycles. The zero-order chi connectivity index (χ0) is 16.1. The highest BCUT2D eigenvalue weighted by atomic mass is 19.1. The molecule has 1 aromatic rings. The van der Waals surface area contributed by atoms with E-state index in [9.17, 15) is 18.8 Å². The van der Waals surface area contributed by atoms with Crippen LogP contribution in [0.15, 0.2) is 24.3 Å². The molecule has 0 saturated carbocycles. The molecule has 0 spiro atoms. The number of carbonyl (C=O) groups excluding carboxylic acids is 3. The second kappa shape index (κ2) is 6.95. The van der Waals surface area contributed by atoms with E-state index in [1.165, 1.54) is 18.2 Å². The molecule has 4 N–H and O–H groups in total. The minimum absolute atomic E-state index is 0.137. The van der Waals surface area contributed by atoms with Gasteiger partial charge in [-0.25, -0.2) is 4.39 Å². The minimum atomic E-state index is -0.840. The second-order valence-electron chi connectivity index (χ2n) is 4.82. The van der Waals surface area contributed by atoms with E-state index in [-0.39, 0.29) is 36.4 Å². The minimum Gasteiger partial charge on any atom is -0.340 e. The van der Waals surface area contributed by atoms with Crippen molar-refractivity contribution >= 4 is 23.8 Å². The van der Waals surface area contributed by atoms with Gasteiger partial charge in [-0.1, -0.05) is 24.3 Å². The quantitative estimate of drug-likeness (QED) is 0.698. The summed E-state index contributed by atoms with van der Waals surface area (Å²) in [6.45, 7) is 0.256. The number of carbonyl (C=O) groups is 3. The Kier molecular flexibility index (Phi) is 5.00. The van der Waals surface area contributed by atoms with Gasteiger partial charge >= 0.3 is 0 Å². The van der Waals surface area contributed by atoms with Crippen LogP contribution in [0.5, 0.6) is 0 Å². The Labute approximate surface area is 126 Å². The number of imide groups is 1. The van der Waals surface area contributed by atoms with Gasteiger partial charge in [-0.3, -0.25) is 19.7 Å². The zero-order valence-electron chi connectivity index (χ0n) is 11.8. The molecule has 0 aromatic heterocycles. The Hall–Kier alpha value is -2.54. The summed E-state index contributed by atoms with van der Waals surface area (Å²) in [7, 11) is 0. The molecule has 6 nitrogen and oxygen atoms in total. The molecule has 22 heavy (non-hydrogen) atoms. The highest BCUT2D eigenvalue weighted by molar-refractivity contribution is 6.04. The molecule has 1 aromatic carbocycles. The number of hydrogen-bond acceptors (Lipinski definition) is 4. The Morgan fingerprint density at radius 2 is 2.23 bits per heavy atom. The van der Waals surface area contributed by atoms with E-state index >= 15 is 0 Å². The molecule has 1 fully saturated rings. The molecule has 3 amide bonds. The molecular weight excluding hydrogens is 289 g/mol. The molecule has 1 aliphatic rings. The number of nitrogens with two attached hydrogens (primary N) is 1. The lowest BCUT2D eigenvalue weighted by Crippen LogP contribution is -2.52. The molecule has 7 heteroatoms. The predicted octanol–water partition coefficient (Wildman–Crippen LogP) is 0.333. The van der Waals surface area contributed by atoms with Crippen LogP contribution in [0.2, 0.25) is 0 Å². The molecule has 1 atom stereocenters. The van der Waals surface area contributed by atoms with E-state index in [0.29, 0.717) is 0 Å². The number of benzene rings is 1. The van der Waals surface area contributed by atoms with Crippen LogP contribution >= 0.6 is 0 Å². The first-order valence-electron chi connectivity index (χ1n) is 6.82. The largest absolute Gasteiger partial charge is 0.340 e. The number of nitrogens with one attached hydrogen (secondary N) is 2. The summed E-state index contributed by atoms with van der Waals surface area (Å²) in [5.41, 5.74) is 5.39. The number of amides is 3. The van der Waals surface area contributed by atoms with E-state index < -0.39 is 23.7 Å². The molecule has 116 valence electrons. The van der Waals surface area contributed by atoms with Gasteiger partial charge in [0.05, 0.1) is 5.56 Å². The fourth-order valence-corrected chi connectivity index (χ4v) is 2.12. The molecule has 0 radical (unpaired) electrons. The Morgan fingerprint density at radius 1 is 1.45 bits per heavy atom. The van der Waals surface area contributed by atoms with Gasteiger partial charge in [0, 0.05) is 18.5 Å². The predicted molar refractivity (Wildman–Crippen MR) is 78.1 cm³/mol. The first-order chi connectivity index (χ1) is 10.5. The normalized spacial score (nSPS) is 18.4. The molecule has 1 aliphatic heterocycles. The summed E-state index contributed by atoms with van der Waals surface area (Å²) in [4.78, 5) is 34.8. The van der Waals surface area contributed by atoms with Crippen molar-refractivity contribution in [2.45, 2.75) is 18.9 Å². The summed E-state index contributed by atoms with van der Waals surface area (Å²) >= 11 is 0. The van der Waals surface area contributed by atoms with Crippen LogP contribution in [0.1, 0.15) is 28.8 Å². The smallest absolute Gasteiger partial charge is 0.254 e. The number of piperidine rings is 1. The van der Waals surface area contributed by atoms with Gasteiger partial charge in [0.15, 0.2) is 0 Å². The number of rotatable bonds is 4.